The number of hydrogen-bond donors (Lipinski definition) is 1. The van der Waals surface area contributed by atoms with Crippen molar-refractivity contribution in [1.29, 1.82) is 0 Å². The highest BCUT2D eigenvalue weighted by atomic mass is 14.9. The summed E-state index contributed by atoms with van der Waals surface area (Å²) in [4.78, 5) is 0. The van der Waals surface area contributed by atoms with Crippen molar-refractivity contribution in [2.75, 3.05) is 0 Å². The Hall–Kier alpha value is -0.820. The van der Waals surface area contributed by atoms with Crippen molar-refractivity contribution in [1.82, 2.24) is 5.32 Å². The van der Waals surface area contributed by atoms with Gasteiger partial charge in [0.1, 0.15) is 0 Å². The van der Waals surface area contributed by atoms with Crippen LogP contribution in [-0.2, 0) is 0 Å². The van der Waals surface area contributed by atoms with Gasteiger partial charge in [-0.05, 0) is 25.3 Å². The molecular weight excluding hydrogens is 218 g/mol. The fourth-order valence-corrected chi connectivity index (χ4v) is 2.41. The third kappa shape index (κ3) is 5.68. The van der Waals surface area contributed by atoms with Crippen LogP contribution in [0, 0.1) is 0 Å². The van der Waals surface area contributed by atoms with E-state index in [0.29, 0.717) is 12.1 Å². The summed E-state index contributed by atoms with van der Waals surface area (Å²) in [5.41, 5.74) is 1.39. The van der Waals surface area contributed by atoms with Crippen LogP contribution in [0.1, 0.15) is 70.9 Å². The Morgan fingerprint density at radius 3 is 2.33 bits per heavy atom. The molecule has 0 fully saturated rings. The summed E-state index contributed by atoms with van der Waals surface area (Å²) >= 11 is 0. The highest BCUT2D eigenvalue weighted by Crippen LogP contribution is 2.15. The highest BCUT2D eigenvalue weighted by molar-refractivity contribution is 5.18. The van der Waals surface area contributed by atoms with Gasteiger partial charge in [0.05, 0.1) is 0 Å². The second-order valence-corrected chi connectivity index (χ2v) is 5.25. The first-order valence-corrected chi connectivity index (χ1v) is 7.58. The van der Waals surface area contributed by atoms with Gasteiger partial charge >= 0.3 is 0 Å². The normalized spacial score (nSPS) is 14.4. The van der Waals surface area contributed by atoms with E-state index < -0.39 is 0 Å². The second kappa shape index (κ2) is 9.16. The molecule has 0 aliphatic heterocycles. The SMILES string of the molecule is CCCCCC[C@H](CC)N[C@@H](C)c1ccccc1. The van der Waals surface area contributed by atoms with Gasteiger partial charge in [-0.2, -0.15) is 0 Å². The van der Waals surface area contributed by atoms with Crippen molar-refractivity contribution in [3.63, 3.8) is 0 Å². The smallest absolute Gasteiger partial charge is 0.0294 e. The largest absolute Gasteiger partial charge is 0.307 e. The maximum absolute atomic E-state index is 3.76. The van der Waals surface area contributed by atoms with E-state index in [0.717, 1.165) is 0 Å². The number of unbranched alkanes of at least 4 members (excludes halogenated alkanes) is 3. The first-order chi connectivity index (χ1) is 8.77. The van der Waals surface area contributed by atoms with Crippen molar-refractivity contribution >= 4 is 0 Å². The molecule has 1 heteroatoms. The molecule has 1 aromatic rings. The summed E-state index contributed by atoms with van der Waals surface area (Å²) in [6, 6.07) is 11.9. The van der Waals surface area contributed by atoms with E-state index in [4.69, 9.17) is 0 Å². The lowest BCUT2D eigenvalue weighted by Crippen LogP contribution is -2.30. The lowest BCUT2D eigenvalue weighted by molar-refractivity contribution is 0.405. The summed E-state index contributed by atoms with van der Waals surface area (Å²) in [5.74, 6) is 0. The first-order valence-electron chi connectivity index (χ1n) is 7.58. The topological polar surface area (TPSA) is 12.0 Å². The molecule has 0 unspecified atom stereocenters. The number of nitrogens with one attached hydrogen (secondary N) is 1. The van der Waals surface area contributed by atoms with Gasteiger partial charge in [-0.25, -0.2) is 0 Å². The molecule has 0 saturated heterocycles. The zero-order valence-corrected chi connectivity index (χ0v) is 12.3. The predicted octanol–water partition coefficient (Wildman–Crippen LogP) is 5.09. The van der Waals surface area contributed by atoms with Crippen molar-refractivity contribution in [3.05, 3.63) is 35.9 Å². The van der Waals surface area contributed by atoms with Crippen LogP contribution >= 0.6 is 0 Å². The van der Waals surface area contributed by atoms with E-state index in [2.05, 4.69) is 56.4 Å². The van der Waals surface area contributed by atoms with Gasteiger partial charge in [0.25, 0.3) is 0 Å². The number of hydrogen-bond acceptors (Lipinski definition) is 1. The van der Waals surface area contributed by atoms with Crippen LogP contribution in [0.2, 0.25) is 0 Å². The molecule has 1 rings (SSSR count). The van der Waals surface area contributed by atoms with E-state index >= 15 is 0 Å². The second-order valence-electron chi connectivity index (χ2n) is 5.25. The molecule has 0 aliphatic rings. The highest BCUT2D eigenvalue weighted by Gasteiger charge is 2.11. The third-order valence-electron chi connectivity index (χ3n) is 3.68. The Balaban J connectivity index is 2.33. The maximum atomic E-state index is 3.76. The van der Waals surface area contributed by atoms with Gasteiger partial charge in [-0.3, -0.25) is 0 Å². The van der Waals surface area contributed by atoms with Gasteiger partial charge in [0.2, 0.25) is 0 Å². The van der Waals surface area contributed by atoms with Gasteiger partial charge in [0.15, 0.2) is 0 Å². The number of benzene rings is 1. The van der Waals surface area contributed by atoms with Crippen LogP contribution in [0.15, 0.2) is 30.3 Å². The fourth-order valence-electron chi connectivity index (χ4n) is 2.41. The van der Waals surface area contributed by atoms with Crippen LogP contribution in [0.4, 0.5) is 0 Å². The molecule has 0 heterocycles. The molecule has 102 valence electrons. The summed E-state index contributed by atoms with van der Waals surface area (Å²) in [5, 5.41) is 3.76. The molecule has 0 bridgehead atoms. The minimum Gasteiger partial charge on any atom is -0.307 e. The van der Waals surface area contributed by atoms with E-state index in [1.54, 1.807) is 0 Å². The molecule has 0 aliphatic carbocycles. The molecule has 0 amide bonds. The minimum atomic E-state index is 0.460. The lowest BCUT2D eigenvalue weighted by atomic mass is 10.0. The molecule has 0 saturated carbocycles. The quantitative estimate of drug-likeness (QED) is 0.600. The molecule has 0 spiro atoms. The Kier molecular flexibility index (Phi) is 7.75. The standard InChI is InChI=1S/C17H29N/c1-4-6-7-11-14-17(5-2)18-15(3)16-12-9-8-10-13-16/h8-10,12-13,15,17-18H,4-7,11,14H2,1-3H3/t15-,17-/m0/s1. The summed E-state index contributed by atoms with van der Waals surface area (Å²) < 4.78 is 0. The predicted molar refractivity (Wildman–Crippen MR) is 80.8 cm³/mol. The minimum absolute atomic E-state index is 0.460. The Morgan fingerprint density at radius 2 is 1.72 bits per heavy atom. The van der Waals surface area contributed by atoms with Crippen molar-refractivity contribution in [3.8, 4) is 0 Å². The van der Waals surface area contributed by atoms with E-state index in [1.807, 2.05) is 0 Å². The zero-order valence-electron chi connectivity index (χ0n) is 12.3. The van der Waals surface area contributed by atoms with Crippen LogP contribution in [-0.4, -0.2) is 6.04 Å². The van der Waals surface area contributed by atoms with Crippen molar-refractivity contribution < 1.29 is 0 Å². The third-order valence-corrected chi connectivity index (χ3v) is 3.68. The van der Waals surface area contributed by atoms with E-state index in [9.17, 15) is 0 Å². The molecule has 18 heavy (non-hydrogen) atoms. The van der Waals surface area contributed by atoms with Crippen LogP contribution in [0.5, 0.6) is 0 Å². The zero-order chi connectivity index (χ0) is 13.2. The van der Waals surface area contributed by atoms with Crippen molar-refractivity contribution in [2.24, 2.45) is 0 Å². The molecular formula is C17H29N. The van der Waals surface area contributed by atoms with Gasteiger partial charge in [-0.15, -0.1) is 0 Å². The average Bonchev–Trinajstić information content (AvgIpc) is 2.43. The molecule has 0 radical (unpaired) electrons. The van der Waals surface area contributed by atoms with E-state index in [-0.39, 0.29) is 0 Å². The lowest BCUT2D eigenvalue weighted by Gasteiger charge is -2.22. The summed E-state index contributed by atoms with van der Waals surface area (Å²) in [6.07, 6.45) is 7.99. The fraction of sp³-hybridized carbons (Fsp3) is 0.647. The van der Waals surface area contributed by atoms with Gasteiger partial charge in [0, 0.05) is 12.1 Å². The summed E-state index contributed by atoms with van der Waals surface area (Å²) in [7, 11) is 0. The van der Waals surface area contributed by atoms with Gasteiger partial charge < -0.3 is 5.32 Å². The first kappa shape index (κ1) is 15.2. The molecule has 0 aromatic heterocycles. The number of rotatable bonds is 9. The molecule has 2 atom stereocenters. The van der Waals surface area contributed by atoms with Crippen LogP contribution in [0.25, 0.3) is 0 Å². The maximum Gasteiger partial charge on any atom is 0.0294 e. The van der Waals surface area contributed by atoms with Gasteiger partial charge in [-0.1, -0.05) is 69.9 Å². The molecule has 1 nitrogen and oxygen atoms in total. The van der Waals surface area contributed by atoms with Crippen LogP contribution < -0.4 is 5.32 Å². The van der Waals surface area contributed by atoms with Crippen molar-refractivity contribution in [2.45, 2.75) is 71.4 Å². The average molecular weight is 247 g/mol. The monoisotopic (exact) mass is 247 g/mol. The molecule has 1 N–H and O–H groups in total. The summed E-state index contributed by atoms with van der Waals surface area (Å²) in [6.45, 7) is 6.83. The Morgan fingerprint density at radius 1 is 1.00 bits per heavy atom. The Labute approximate surface area is 113 Å². The van der Waals surface area contributed by atoms with E-state index in [1.165, 1.54) is 44.1 Å². The molecule has 1 aromatic carbocycles. The van der Waals surface area contributed by atoms with Crippen LogP contribution in [0.3, 0.4) is 0 Å². The Bertz CT molecular complexity index is 294.